The predicted octanol–water partition coefficient (Wildman–Crippen LogP) is 3.76. The third-order valence-electron chi connectivity index (χ3n) is 3.40. The van der Waals surface area contributed by atoms with Crippen LogP contribution in [0.25, 0.3) is 0 Å². The third kappa shape index (κ3) is 2.78. The van der Waals surface area contributed by atoms with Gasteiger partial charge in [-0.2, -0.15) is 0 Å². The summed E-state index contributed by atoms with van der Waals surface area (Å²) in [6.45, 7) is 4.53. The number of hydrogen-bond acceptors (Lipinski definition) is 1. The summed E-state index contributed by atoms with van der Waals surface area (Å²) in [5.74, 6) is 0.736. The van der Waals surface area contributed by atoms with Crippen molar-refractivity contribution in [3.63, 3.8) is 0 Å². The highest BCUT2D eigenvalue weighted by atomic mass is 35.5. The lowest BCUT2D eigenvalue weighted by Crippen LogP contribution is -2.27. The summed E-state index contributed by atoms with van der Waals surface area (Å²) in [7, 11) is 0. The van der Waals surface area contributed by atoms with Gasteiger partial charge in [0.15, 0.2) is 0 Å². The van der Waals surface area contributed by atoms with Crippen LogP contribution >= 0.6 is 11.6 Å². The second-order valence-corrected chi connectivity index (χ2v) is 5.05. The fraction of sp³-hybridized carbons (Fsp3) is 0.571. The lowest BCUT2D eigenvalue weighted by Gasteiger charge is -2.25. The average molecular weight is 238 g/mol. The first-order chi connectivity index (χ1) is 7.81. The Hall–Kier alpha value is -0.530. The summed E-state index contributed by atoms with van der Waals surface area (Å²) in [6.07, 6.45) is 4.87. The van der Waals surface area contributed by atoms with Crippen LogP contribution in [0.3, 0.4) is 0 Å². The molecule has 2 heteroatoms. The van der Waals surface area contributed by atoms with Gasteiger partial charge in [-0.05, 0) is 61.5 Å². The van der Waals surface area contributed by atoms with Crippen molar-refractivity contribution in [3.05, 3.63) is 34.3 Å². The minimum absolute atomic E-state index is 0.736. The summed E-state index contributed by atoms with van der Waals surface area (Å²) in [6, 6.07) is 6.43. The van der Waals surface area contributed by atoms with Gasteiger partial charge < -0.3 is 5.32 Å². The molecule has 1 nitrogen and oxygen atoms in total. The van der Waals surface area contributed by atoms with E-state index in [1.807, 2.05) is 6.07 Å². The molecule has 88 valence electrons. The number of hydrogen-bond donors (Lipinski definition) is 1. The lowest BCUT2D eigenvalue weighted by atomic mass is 9.86. The van der Waals surface area contributed by atoms with Gasteiger partial charge in [-0.15, -0.1) is 0 Å². The average Bonchev–Trinajstić information content (AvgIpc) is 2.31. The molecule has 1 aromatic rings. The van der Waals surface area contributed by atoms with Crippen LogP contribution in [-0.4, -0.2) is 13.1 Å². The summed E-state index contributed by atoms with van der Waals surface area (Å²) in [5.41, 5.74) is 3.00. The van der Waals surface area contributed by atoms with E-state index in [4.69, 9.17) is 11.6 Å². The first kappa shape index (κ1) is 11.9. The second kappa shape index (κ2) is 5.70. The molecule has 0 saturated carbocycles. The zero-order chi connectivity index (χ0) is 11.4. The van der Waals surface area contributed by atoms with Crippen LogP contribution in [0, 0.1) is 0 Å². The van der Waals surface area contributed by atoms with Gasteiger partial charge in [-0.25, -0.2) is 0 Å². The lowest BCUT2D eigenvalue weighted by molar-refractivity contribution is 0.458. The van der Waals surface area contributed by atoms with E-state index < -0.39 is 0 Å². The van der Waals surface area contributed by atoms with Crippen LogP contribution in [-0.2, 0) is 6.42 Å². The molecule has 1 N–H and O–H groups in total. The van der Waals surface area contributed by atoms with E-state index >= 15 is 0 Å². The minimum Gasteiger partial charge on any atom is -0.317 e. The van der Waals surface area contributed by atoms with E-state index in [1.165, 1.54) is 30.4 Å². The molecule has 1 aliphatic heterocycles. The van der Waals surface area contributed by atoms with E-state index in [9.17, 15) is 0 Å². The maximum Gasteiger partial charge on any atom is 0.0408 e. The van der Waals surface area contributed by atoms with Crippen LogP contribution in [0.5, 0.6) is 0 Å². The SMILES string of the molecule is CCCc1cc(Cl)ccc1C1CCNCC1. The Labute approximate surface area is 103 Å². The van der Waals surface area contributed by atoms with Gasteiger partial charge in [0.1, 0.15) is 0 Å². The van der Waals surface area contributed by atoms with Gasteiger partial charge in [0, 0.05) is 5.02 Å². The largest absolute Gasteiger partial charge is 0.317 e. The van der Waals surface area contributed by atoms with Crippen molar-refractivity contribution in [2.75, 3.05) is 13.1 Å². The molecule has 0 bridgehead atoms. The Morgan fingerprint density at radius 3 is 2.75 bits per heavy atom. The van der Waals surface area contributed by atoms with Crippen molar-refractivity contribution in [2.45, 2.75) is 38.5 Å². The van der Waals surface area contributed by atoms with Crippen molar-refractivity contribution < 1.29 is 0 Å². The standard InChI is InChI=1S/C14H20ClN/c1-2-3-12-10-13(15)4-5-14(12)11-6-8-16-9-7-11/h4-5,10-11,16H,2-3,6-9H2,1H3. The van der Waals surface area contributed by atoms with Crippen LogP contribution in [0.2, 0.25) is 5.02 Å². The zero-order valence-corrected chi connectivity index (χ0v) is 10.7. The molecule has 0 aliphatic carbocycles. The minimum atomic E-state index is 0.736. The summed E-state index contributed by atoms with van der Waals surface area (Å²) in [5, 5.41) is 4.30. The normalized spacial score (nSPS) is 17.6. The van der Waals surface area contributed by atoms with Gasteiger partial charge in [-0.1, -0.05) is 31.0 Å². The number of benzene rings is 1. The molecular weight excluding hydrogens is 218 g/mol. The maximum atomic E-state index is 6.08. The molecule has 0 spiro atoms. The quantitative estimate of drug-likeness (QED) is 0.844. The predicted molar refractivity (Wildman–Crippen MR) is 70.3 cm³/mol. The molecule has 0 amide bonds. The molecule has 0 radical (unpaired) electrons. The van der Waals surface area contributed by atoms with E-state index in [2.05, 4.69) is 24.4 Å². The molecule has 1 aromatic carbocycles. The molecule has 16 heavy (non-hydrogen) atoms. The van der Waals surface area contributed by atoms with E-state index in [0.717, 1.165) is 30.5 Å². The summed E-state index contributed by atoms with van der Waals surface area (Å²) in [4.78, 5) is 0. The molecule has 1 heterocycles. The smallest absolute Gasteiger partial charge is 0.0408 e. The number of rotatable bonds is 3. The highest BCUT2D eigenvalue weighted by Crippen LogP contribution is 2.30. The number of halogens is 1. The van der Waals surface area contributed by atoms with Crippen molar-refractivity contribution >= 4 is 11.6 Å². The first-order valence-corrected chi connectivity index (χ1v) is 6.68. The van der Waals surface area contributed by atoms with Crippen molar-refractivity contribution in [3.8, 4) is 0 Å². The number of nitrogens with one attached hydrogen (secondary N) is 1. The van der Waals surface area contributed by atoms with Crippen molar-refractivity contribution in [1.29, 1.82) is 0 Å². The maximum absolute atomic E-state index is 6.08. The van der Waals surface area contributed by atoms with Gasteiger partial charge in [0.05, 0.1) is 0 Å². The Morgan fingerprint density at radius 2 is 2.06 bits per heavy atom. The number of aryl methyl sites for hydroxylation is 1. The molecule has 1 fully saturated rings. The molecule has 1 aliphatic rings. The Kier molecular flexibility index (Phi) is 4.25. The van der Waals surface area contributed by atoms with E-state index in [-0.39, 0.29) is 0 Å². The molecule has 0 unspecified atom stereocenters. The van der Waals surface area contributed by atoms with Crippen LogP contribution in [0.15, 0.2) is 18.2 Å². The van der Waals surface area contributed by atoms with Crippen molar-refractivity contribution in [2.24, 2.45) is 0 Å². The van der Waals surface area contributed by atoms with Gasteiger partial charge in [-0.3, -0.25) is 0 Å². The second-order valence-electron chi connectivity index (χ2n) is 4.62. The van der Waals surface area contributed by atoms with Crippen molar-refractivity contribution in [1.82, 2.24) is 5.32 Å². The first-order valence-electron chi connectivity index (χ1n) is 6.30. The number of piperidine rings is 1. The van der Waals surface area contributed by atoms with Gasteiger partial charge >= 0.3 is 0 Å². The topological polar surface area (TPSA) is 12.0 Å². The Bertz CT molecular complexity index is 343. The Balaban J connectivity index is 2.23. The van der Waals surface area contributed by atoms with Gasteiger partial charge in [0.2, 0.25) is 0 Å². The molecule has 0 aromatic heterocycles. The molecular formula is C14H20ClN. The Morgan fingerprint density at radius 1 is 1.31 bits per heavy atom. The molecule has 0 atom stereocenters. The third-order valence-corrected chi connectivity index (χ3v) is 3.64. The summed E-state index contributed by atoms with van der Waals surface area (Å²) < 4.78 is 0. The highest BCUT2D eigenvalue weighted by Gasteiger charge is 2.17. The van der Waals surface area contributed by atoms with Gasteiger partial charge in [0.25, 0.3) is 0 Å². The van der Waals surface area contributed by atoms with Crippen LogP contribution < -0.4 is 5.32 Å². The summed E-state index contributed by atoms with van der Waals surface area (Å²) >= 11 is 6.08. The highest BCUT2D eigenvalue weighted by molar-refractivity contribution is 6.30. The zero-order valence-electron chi connectivity index (χ0n) is 9.93. The van der Waals surface area contributed by atoms with E-state index in [0.29, 0.717) is 0 Å². The monoisotopic (exact) mass is 237 g/mol. The molecule has 1 saturated heterocycles. The fourth-order valence-electron chi connectivity index (χ4n) is 2.59. The molecule has 2 rings (SSSR count). The van der Waals surface area contributed by atoms with Crippen LogP contribution in [0.4, 0.5) is 0 Å². The van der Waals surface area contributed by atoms with E-state index in [1.54, 1.807) is 0 Å². The van der Waals surface area contributed by atoms with Crippen LogP contribution in [0.1, 0.15) is 43.2 Å². The fourth-order valence-corrected chi connectivity index (χ4v) is 2.79.